The largest absolute Gasteiger partial charge is 0.352 e. The lowest BCUT2D eigenvalue weighted by Crippen LogP contribution is -2.23. The molecule has 1 aliphatic carbocycles. The lowest BCUT2D eigenvalue weighted by Gasteiger charge is -2.03. The van der Waals surface area contributed by atoms with Gasteiger partial charge in [0.15, 0.2) is 5.82 Å². The van der Waals surface area contributed by atoms with Crippen LogP contribution in [-0.4, -0.2) is 30.7 Å². The fourth-order valence-electron chi connectivity index (χ4n) is 2.38. The Balaban J connectivity index is 1.32. The number of aromatic nitrogens is 5. The average Bonchev–Trinajstić information content (AvgIpc) is 3.21. The minimum atomic E-state index is 0.0160. The second-order valence-electron chi connectivity index (χ2n) is 5.66. The van der Waals surface area contributed by atoms with E-state index >= 15 is 0 Å². The van der Waals surface area contributed by atoms with Gasteiger partial charge in [0.25, 0.3) is 0 Å². The molecule has 1 amide bonds. The molecule has 1 saturated carbocycles. The Morgan fingerprint density at radius 3 is 3.09 bits per heavy atom. The maximum absolute atomic E-state index is 11.9. The van der Waals surface area contributed by atoms with E-state index in [0.29, 0.717) is 25.3 Å². The van der Waals surface area contributed by atoms with Crippen molar-refractivity contribution < 1.29 is 4.79 Å². The number of aryl methyl sites for hydroxylation is 1. The molecular weight excluding hydrogens is 312 g/mol. The van der Waals surface area contributed by atoms with Crippen LogP contribution in [0.25, 0.3) is 4.96 Å². The van der Waals surface area contributed by atoms with Crippen molar-refractivity contribution in [2.45, 2.75) is 38.1 Å². The number of nitrogens with one attached hydrogen (secondary N) is 1. The van der Waals surface area contributed by atoms with Crippen molar-refractivity contribution in [3.8, 4) is 0 Å². The van der Waals surface area contributed by atoms with Crippen LogP contribution in [-0.2, 0) is 17.8 Å². The summed E-state index contributed by atoms with van der Waals surface area (Å²) in [6.07, 6.45) is 6.85. The number of hydrogen-bond acceptors (Lipinski definition) is 6. The number of fused-ring (bicyclic) bond motifs is 1. The SMILES string of the molecule is O=C(CCc1nn2c(C3CC3)nnc2s1)NCc1cccnc1. The highest BCUT2D eigenvalue weighted by molar-refractivity contribution is 7.16. The topological polar surface area (TPSA) is 85.1 Å². The summed E-state index contributed by atoms with van der Waals surface area (Å²) in [7, 11) is 0. The van der Waals surface area contributed by atoms with Gasteiger partial charge in [-0.3, -0.25) is 9.78 Å². The van der Waals surface area contributed by atoms with E-state index in [4.69, 9.17) is 0 Å². The van der Waals surface area contributed by atoms with Crippen molar-refractivity contribution in [2.24, 2.45) is 0 Å². The maximum Gasteiger partial charge on any atom is 0.234 e. The van der Waals surface area contributed by atoms with Gasteiger partial charge in [-0.25, -0.2) is 0 Å². The quantitative estimate of drug-likeness (QED) is 0.744. The van der Waals surface area contributed by atoms with Gasteiger partial charge in [-0.15, -0.1) is 10.2 Å². The zero-order valence-corrected chi connectivity index (χ0v) is 13.3. The van der Waals surface area contributed by atoms with Gasteiger partial charge in [0.1, 0.15) is 5.01 Å². The Kier molecular flexibility index (Phi) is 3.74. The Morgan fingerprint density at radius 2 is 2.30 bits per heavy atom. The summed E-state index contributed by atoms with van der Waals surface area (Å²) in [6.45, 7) is 0.504. The van der Waals surface area contributed by atoms with E-state index in [0.717, 1.165) is 21.4 Å². The van der Waals surface area contributed by atoms with Gasteiger partial charge in [-0.1, -0.05) is 17.4 Å². The molecule has 0 spiro atoms. The minimum Gasteiger partial charge on any atom is -0.352 e. The average molecular weight is 328 g/mol. The summed E-state index contributed by atoms with van der Waals surface area (Å²) in [6, 6.07) is 3.80. The number of amides is 1. The third kappa shape index (κ3) is 3.21. The van der Waals surface area contributed by atoms with Gasteiger partial charge in [-0.2, -0.15) is 9.61 Å². The van der Waals surface area contributed by atoms with Gasteiger partial charge >= 0.3 is 0 Å². The molecule has 4 rings (SSSR count). The van der Waals surface area contributed by atoms with Crippen LogP contribution in [0.5, 0.6) is 0 Å². The van der Waals surface area contributed by atoms with Crippen LogP contribution in [0.15, 0.2) is 24.5 Å². The van der Waals surface area contributed by atoms with Gasteiger partial charge in [-0.05, 0) is 24.5 Å². The Bertz CT molecular complexity index is 823. The first-order valence-corrected chi connectivity index (χ1v) is 8.48. The molecule has 0 unspecified atom stereocenters. The fraction of sp³-hybridized carbons (Fsp3) is 0.400. The molecule has 1 N–H and O–H groups in total. The number of rotatable bonds is 6. The number of carbonyl (C=O) groups is 1. The predicted molar refractivity (Wildman–Crippen MR) is 85.0 cm³/mol. The number of hydrogen-bond donors (Lipinski definition) is 1. The summed E-state index contributed by atoms with van der Waals surface area (Å²) in [5.74, 6) is 1.49. The van der Waals surface area contributed by atoms with Gasteiger partial charge in [0, 0.05) is 37.7 Å². The van der Waals surface area contributed by atoms with Crippen molar-refractivity contribution in [1.29, 1.82) is 0 Å². The maximum atomic E-state index is 11.9. The molecule has 118 valence electrons. The molecule has 3 heterocycles. The summed E-state index contributed by atoms with van der Waals surface area (Å²) in [4.78, 5) is 16.8. The van der Waals surface area contributed by atoms with Crippen LogP contribution in [0.1, 0.15) is 41.6 Å². The molecule has 3 aromatic heterocycles. The molecule has 0 aliphatic heterocycles. The molecule has 1 aliphatic rings. The van der Waals surface area contributed by atoms with Crippen LogP contribution in [0.3, 0.4) is 0 Å². The van der Waals surface area contributed by atoms with E-state index in [1.807, 2.05) is 16.6 Å². The third-order valence-corrected chi connectivity index (χ3v) is 4.74. The molecule has 0 atom stereocenters. The van der Waals surface area contributed by atoms with Crippen molar-refractivity contribution in [3.63, 3.8) is 0 Å². The molecule has 0 aromatic carbocycles. The van der Waals surface area contributed by atoms with Gasteiger partial charge in [0.2, 0.25) is 10.9 Å². The molecule has 3 aromatic rings. The molecule has 0 radical (unpaired) electrons. The second-order valence-corrected chi connectivity index (χ2v) is 6.70. The Morgan fingerprint density at radius 1 is 1.39 bits per heavy atom. The first kappa shape index (κ1) is 14.3. The van der Waals surface area contributed by atoms with E-state index in [9.17, 15) is 4.79 Å². The highest BCUT2D eigenvalue weighted by atomic mass is 32.1. The molecule has 0 bridgehead atoms. The first-order valence-electron chi connectivity index (χ1n) is 7.66. The summed E-state index contributed by atoms with van der Waals surface area (Å²) < 4.78 is 1.84. The number of pyridine rings is 1. The highest BCUT2D eigenvalue weighted by Gasteiger charge is 2.30. The monoisotopic (exact) mass is 328 g/mol. The lowest BCUT2D eigenvalue weighted by molar-refractivity contribution is -0.121. The highest BCUT2D eigenvalue weighted by Crippen LogP contribution is 2.39. The standard InChI is InChI=1S/C15H16N6OS/c22-12(17-9-10-2-1-7-16-8-10)5-6-13-20-21-14(11-3-4-11)18-19-15(21)23-13/h1-2,7-8,11H,3-6,9H2,(H,17,22). The van der Waals surface area contributed by atoms with Crippen molar-refractivity contribution in [1.82, 2.24) is 30.1 Å². The molecule has 1 fully saturated rings. The van der Waals surface area contributed by atoms with Crippen LogP contribution in [0.2, 0.25) is 0 Å². The zero-order chi connectivity index (χ0) is 15.6. The van der Waals surface area contributed by atoms with E-state index in [1.165, 1.54) is 24.2 Å². The minimum absolute atomic E-state index is 0.0160. The van der Waals surface area contributed by atoms with Crippen molar-refractivity contribution in [2.75, 3.05) is 0 Å². The van der Waals surface area contributed by atoms with E-state index in [2.05, 4.69) is 25.6 Å². The second kappa shape index (κ2) is 6.04. The lowest BCUT2D eigenvalue weighted by atomic mass is 10.2. The first-order chi connectivity index (χ1) is 11.3. The van der Waals surface area contributed by atoms with Gasteiger partial charge < -0.3 is 5.32 Å². The zero-order valence-electron chi connectivity index (χ0n) is 12.5. The summed E-state index contributed by atoms with van der Waals surface area (Å²) in [5.41, 5.74) is 0.994. The Hall–Kier alpha value is -2.35. The van der Waals surface area contributed by atoms with Crippen LogP contribution in [0, 0.1) is 0 Å². The summed E-state index contributed by atoms with van der Waals surface area (Å²) in [5, 5.41) is 16.7. The van der Waals surface area contributed by atoms with Crippen LogP contribution >= 0.6 is 11.3 Å². The van der Waals surface area contributed by atoms with E-state index < -0.39 is 0 Å². The van der Waals surface area contributed by atoms with Crippen LogP contribution < -0.4 is 5.32 Å². The normalized spacial score (nSPS) is 14.3. The third-order valence-electron chi connectivity index (χ3n) is 3.78. The van der Waals surface area contributed by atoms with E-state index in [1.54, 1.807) is 12.4 Å². The molecule has 23 heavy (non-hydrogen) atoms. The molecule has 7 nitrogen and oxygen atoms in total. The van der Waals surface area contributed by atoms with Crippen molar-refractivity contribution in [3.05, 3.63) is 40.9 Å². The van der Waals surface area contributed by atoms with Crippen molar-refractivity contribution >= 4 is 22.2 Å². The van der Waals surface area contributed by atoms with Crippen LogP contribution in [0.4, 0.5) is 0 Å². The fourth-order valence-corrected chi connectivity index (χ4v) is 3.22. The van der Waals surface area contributed by atoms with E-state index in [-0.39, 0.29) is 5.91 Å². The molecule has 0 saturated heterocycles. The Labute approximate surface area is 136 Å². The number of nitrogens with zero attached hydrogens (tertiary/aromatic N) is 5. The summed E-state index contributed by atoms with van der Waals surface area (Å²) >= 11 is 1.51. The smallest absolute Gasteiger partial charge is 0.234 e. The molecule has 8 heteroatoms. The predicted octanol–water partition coefficient (Wildman–Crippen LogP) is 1.71. The van der Waals surface area contributed by atoms with Gasteiger partial charge in [0.05, 0.1) is 0 Å². The molecular formula is C15H16N6OS. The number of carbonyl (C=O) groups excluding carboxylic acids is 1.